The summed E-state index contributed by atoms with van der Waals surface area (Å²) in [5, 5.41) is 2.77. The number of amides is 2. The average molecular weight is 399 g/mol. The van der Waals surface area contributed by atoms with Crippen molar-refractivity contribution < 1.29 is 14.0 Å². The van der Waals surface area contributed by atoms with Crippen LogP contribution < -0.4 is 5.32 Å². The first-order valence-corrected chi connectivity index (χ1v) is 9.87. The number of aromatic nitrogens is 1. The Hall–Kier alpha value is -2.71. The van der Waals surface area contributed by atoms with Crippen molar-refractivity contribution in [1.82, 2.24) is 25.0 Å². The summed E-state index contributed by atoms with van der Waals surface area (Å²) >= 11 is 0. The van der Waals surface area contributed by atoms with Crippen LogP contribution in [0, 0.1) is 0 Å². The van der Waals surface area contributed by atoms with E-state index in [1.165, 1.54) is 4.90 Å². The van der Waals surface area contributed by atoms with Crippen LogP contribution in [0.2, 0.25) is 0 Å². The molecule has 2 aromatic rings. The molecule has 3 rings (SSSR count). The number of carbonyl (C=O) groups is 2. The summed E-state index contributed by atoms with van der Waals surface area (Å²) in [6.07, 6.45) is 1.70. The van der Waals surface area contributed by atoms with Gasteiger partial charge in [0.05, 0.1) is 13.1 Å². The Balaban J connectivity index is 1.42. The van der Waals surface area contributed by atoms with Gasteiger partial charge >= 0.3 is 0 Å². The van der Waals surface area contributed by atoms with Crippen LogP contribution in [0.15, 0.2) is 41.0 Å². The highest BCUT2D eigenvalue weighted by Gasteiger charge is 2.22. The maximum atomic E-state index is 12.2. The predicted molar refractivity (Wildman–Crippen MR) is 110 cm³/mol. The van der Waals surface area contributed by atoms with Crippen LogP contribution in [-0.4, -0.2) is 84.4 Å². The molecule has 0 saturated carbocycles. The van der Waals surface area contributed by atoms with E-state index in [1.54, 1.807) is 27.3 Å². The minimum absolute atomic E-state index is 0.107. The van der Waals surface area contributed by atoms with Gasteiger partial charge in [0.1, 0.15) is 18.0 Å². The molecule has 1 aromatic carbocycles. The highest BCUT2D eigenvalue weighted by atomic mass is 16.3. The molecule has 1 aliphatic rings. The highest BCUT2D eigenvalue weighted by molar-refractivity contribution is 5.87. The summed E-state index contributed by atoms with van der Waals surface area (Å²) in [7, 11) is 3.36. The second-order valence-corrected chi connectivity index (χ2v) is 7.57. The van der Waals surface area contributed by atoms with Crippen molar-refractivity contribution in [3.05, 3.63) is 42.5 Å². The number of rotatable bonds is 7. The second-order valence-electron chi connectivity index (χ2n) is 7.57. The van der Waals surface area contributed by atoms with E-state index < -0.39 is 6.04 Å². The van der Waals surface area contributed by atoms with E-state index in [-0.39, 0.29) is 11.8 Å². The molecule has 1 atom stereocenters. The number of oxazole rings is 1. The minimum atomic E-state index is -0.511. The van der Waals surface area contributed by atoms with Crippen molar-refractivity contribution in [2.45, 2.75) is 19.5 Å². The molecule has 1 N–H and O–H groups in total. The summed E-state index contributed by atoms with van der Waals surface area (Å²) in [6.45, 7) is 5.91. The molecular formula is C21H29N5O3. The van der Waals surface area contributed by atoms with Gasteiger partial charge in [-0.2, -0.15) is 0 Å². The van der Waals surface area contributed by atoms with Gasteiger partial charge in [-0.25, -0.2) is 4.98 Å². The lowest BCUT2D eigenvalue weighted by Gasteiger charge is -2.33. The lowest BCUT2D eigenvalue weighted by molar-refractivity contribution is -0.134. The topological polar surface area (TPSA) is 81.9 Å². The van der Waals surface area contributed by atoms with Gasteiger partial charge < -0.3 is 14.6 Å². The van der Waals surface area contributed by atoms with Crippen molar-refractivity contribution >= 4 is 11.8 Å². The third kappa shape index (κ3) is 5.88. The third-order valence-electron chi connectivity index (χ3n) is 5.00. The van der Waals surface area contributed by atoms with Crippen LogP contribution >= 0.6 is 0 Å². The first-order valence-electron chi connectivity index (χ1n) is 9.87. The lowest BCUT2D eigenvalue weighted by Crippen LogP contribution is -2.51. The van der Waals surface area contributed by atoms with Crippen LogP contribution in [0.1, 0.15) is 12.8 Å². The van der Waals surface area contributed by atoms with E-state index in [1.807, 2.05) is 30.3 Å². The van der Waals surface area contributed by atoms with E-state index in [2.05, 4.69) is 20.1 Å². The third-order valence-corrected chi connectivity index (χ3v) is 5.00. The van der Waals surface area contributed by atoms with Crippen molar-refractivity contribution in [3.63, 3.8) is 0 Å². The zero-order chi connectivity index (χ0) is 20.8. The molecular weight excluding hydrogens is 370 g/mol. The fraction of sp³-hybridized carbons (Fsp3) is 0.476. The molecule has 1 saturated heterocycles. The van der Waals surface area contributed by atoms with Gasteiger partial charge in [0.15, 0.2) is 0 Å². The molecule has 0 aliphatic carbocycles. The van der Waals surface area contributed by atoms with E-state index in [0.717, 1.165) is 37.4 Å². The number of likely N-dealkylation sites (N-methyl/N-ethyl adjacent to an activating group) is 1. The zero-order valence-electron chi connectivity index (χ0n) is 17.3. The first-order chi connectivity index (χ1) is 13.9. The smallest absolute Gasteiger partial charge is 0.244 e. The maximum absolute atomic E-state index is 12.2. The number of benzene rings is 1. The lowest BCUT2D eigenvalue weighted by atomic mass is 10.2. The predicted octanol–water partition coefficient (Wildman–Crippen LogP) is 1.05. The average Bonchev–Trinajstić information content (AvgIpc) is 3.18. The van der Waals surface area contributed by atoms with Gasteiger partial charge in [-0.05, 0) is 6.92 Å². The van der Waals surface area contributed by atoms with Gasteiger partial charge in [-0.15, -0.1) is 0 Å². The molecule has 1 aromatic heterocycles. The Morgan fingerprint density at radius 2 is 1.79 bits per heavy atom. The molecule has 1 fully saturated rings. The molecule has 1 unspecified atom stereocenters. The standard InChI is InChI=1S/C21H29N5O3/c1-16(21(28)24(2)3)22-19(27)13-25-9-11-26(12-10-25)14-20-23-18(15-29-20)17-7-5-4-6-8-17/h4-8,15-16H,9-14H2,1-3H3,(H,22,27). The van der Waals surface area contributed by atoms with Crippen LogP contribution in [0.25, 0.3) is 11.3 Å². The molecule has 1 aliphatic heterocycles. The van der Waals surface area contributed by atoms with Gasteiger partial charge in [-0.1, -0.05) is 30.3 Å². The first kappa shape index (κ1) is 21.0. The molecule has 156 valence electrons. The Bertz CT molecular complexity index is 813. The number of nitrogens with one attached hydrogen (secondary N) is 1. The monoisotopic (exact) mass is 399 g/mol. The summed E-state index contributed by atoms with van der Waals surface area (Å²) in [5.41, 5.74) is 1.89. The number of nitrogens with zero attached hydrogens (tertiary/aromatic N) is 4. The van der Waals surface area contributed by atoms with E-state index >= 15 is 0 Å². The Kier molecular flexibility index (Phi) is 7.00. The quantitative estimate of drug-likeness (QED) is 0.750. The largest absolute Gasteiger partial charge is 0.447 e. The van der Waals surface area contributed by atoms with Crippen molar-refractivity contribution in [2.75, 3.05) is 46.8 Å². The summed E-state index contributed by atoms with van der Waals surface area (Å²) < 4.78 is 5.63. The van der Waals surface area contributed by atoms with Gasteiger partial charge in [0, 0.05) is 45.8 Å². The fourth-order valence-electron chi connectivity index (χ4n) is 3.36. The summed E-state index contributed by atoms with van der Waals surface area (Å²) in [5.74, 6) is 0.469. The van der Waals surface area contributed by atoms with Crippen LogP contribution in [0.5, 0.6) is 0 Å². The van der Waals surface area contributed by atoms with E-state index in [9.17, 15) is 9.59 Å². The fourth-order valence-corrected chi connectivity index (χ4v) is 3.36. The molecule has 2 heterocycles. The molecule has 0 radical (unpaired) electrons. The molecule has 8 nitrogen and oxygen atoms in total. The van der Waals surface area contributed by atoms with Gasteiger partial charge in [-0.3, -0.25) is 19.4 Å². The Morgan fingerprint density at radius 3 is 2.45 bits per heavy atom. The Labute approximate surface area is 171 Å². The molecule has 2 amide bonds. The second kappa shape index (κ2) is 9.67. The maximum Gasteiger partial charge on any atom is 0.244 e. The number of hydrogen-bond acceptors (Lipinski definition) is 6. The van der Waals surface area contributed by atoms with Gasteiger partial charge in [0.25, 0.3) is 0 Å². The minimum Gasteiger partial charge on any atom is -0.447 e. The number of piperazine rings is 1. The number of carbonyl (C=O) groups excluding carboxylic acids is 2. The summed E-state index contributed by atoms with van der Waals surface area (Å²) in [4.78, 5) is 34.5. The molecule has 29 heavy (non-hydrogen) atoms. The summed E-state index contributed by atoms with van der Waals surface area (Å²) in [6, 6.07) is 9.46. The molecule has 0 bridgehead atoms. The Morgan fingerprint density at radius 1 is 1.14 bits per heavy atom. The van der Waals surface area contributed by atoms with E-state index in [4.69, 9.17) is 4.42 Å². The SMILES string of the molecule is CC(NC(=O)CN1CCN(Cc2nc(-c3ccccc3)co2)CC1)C(=O)N(C)C. The van der Waals surface area contributed by atoms with Crippen molar-refractivity contribution in [1.29, 1.82) is 0 Å². The van der Waals surface area contributed by atoms with Crippen LogP contribution in [0.4, 0.5) is 0 Å². The van der Waals surface area contributed by atoms with Crippen molar-refractivity contribution in [3.8, 4) is 11.3 Å². The van der Waals surface area contributed by atoms with E-state index in [0.29, 0.717) is 19.0 Å². The zero-order valence-corrected chi connectivity index (χ0v) is 17.3. The van der Waals surface area contributed by atoms with Crippen LogP contribution in [0.3, 0.4) is 0 Å². The van der Waals surface area contributed by atoms with Crippen molar-refractivity contribution in [2.24, 2.45) is 0 Å². The molecule has 8 heteroatoms. The van der Waals surface area contributed by atoms with Gasteiger partial charge in [0.2, 0.25) is 17.7 Å². The molecule has 0 spiro atoms. The highest BCUT2D eigenvalue weighted by Crippen LogP contribution is 2.19. The normalized spacial score (nSPS) is 16.4. The number of hydrogen-bond donors (Lipinski definition) is 1. The van der Waals surface area contributed by atoms with Crippen LogP contribution in [-0.2, 0) is 16.1 Å².